The first-order valence-electron chi connectivity index (χ1n) is 6.45. The summed E-state index contributed by atoms with van der Waals surface area (Å²) in [6.45, 7) is 5.06. The third-order valence-electron chi connectivity index (χ3n) is 2.70. The van der Waals surface area contributed by atoms with Crippen LogP contribution in [-0.2, 0) is 0 Å². The zero-order chi connectivity index (χ0) is 14.3. The summed E-state index contributed by atoms with van der Waals surface area (Å²) in [5.41, 5.74) is 0.791. The van der Waals surface area contributed by atoms with Gasteiger partial charge in [0.25, 0.3) is 0 Å². The molecule has 0 spiro atoms. The van der Waals surface area contributed by atoms with E-state index in [1.807, 2.05) is 12.1 Å². The SMILES string of the molecule is CCCC(C)CNc1ccccc1SCC(F)(F)F. The van der Waals surface area contributed by atoms with Gasteiger partial charge in [-0.1, -0.05) is 32.4 Å². The van der Waals surface area contributed by atoms with E-state index in [0.717, 1.165) is 36.8 Å². The number of rotatable bonds is 7. The van der Waals surface area contributed by atoms with Gasteiger partial charge in [0.15, 0.2) is 0 Å². The van der Waals surface area contributed by atoms with E-state index in [-0.39, 0.29) is 0 Å². The summed E-state index contributed by atoms with van der Waals surface area (Å²) < 4.78 is 36.7. The van der Waals surface area contributed by atoms with Crippen LogP contribution in [0.1, 0.15) is 26.7 Å². The maximum absolute atomic E-state index is 12.2. The largest absolute Gasteiger partial charge is 0.398 e. The quantitative estimate of drug-likeness (QED) is 0.694. The molecule has 1 N–H and O–H groups in total. The van der Waals surface area contributed by atoms with Crippen molar-refractivity contribution in [2.75, 3.05) is 17.6 Å². The van der Waals surface area contributed by atoms with E-state index in [4.69, 9.17) is 0 Å². The fourth-order valence-corrected chi connectivity index (χ4v) is 2.57. The normalized spacial score (nSPS) is 13.3. The summed E-state index contributed by atoms with van der Waals surface area (Å²) in [6.07, 6.45) is -1.90. The highest BCUT2D eigenvalue weighted by atomic mass is 32.2. The molecule has 1 aromatic carbocycles. The van der Waals surface area contributed by atoms with Gasteiger partial charge in [-0.3, -0.25) is 0 Å². The average molecular weight is 291 g/mol. The van der Waals surface area contributed by atoms with Gasteiger partial charge in [-0.2, -0.15) is 13.2 Å². The van der Waals surface area contributed by atoms with Crippen LogP contribution < -0.4 is 5.32 Å². The van der Waals surface area contributed by atoms with Crippen LogP contribution >= 0.6 is 11.8 Å². The molecule has 0 radical (unpaired) electrons. The lowest BCUT2D eigenvalue weighted by Crippen LogP contribution is -2.13. The number of nitrogens with one attached hydrogen (secondary N) is 1. The molecule has 108 valence electrons. The standard InChI is InChI=1S/C14H20F3NS/c1-3-6-11(2)9-18-12-7-4-5-8-13(12)19-10-14(15,16)17/h4-5,7-8,11,18H,3,6,9-10H2,1-2H3. The lowest BCUT2D eigenvalue weighted by molar-refractivity contribution is -0.105. The molecule has 0 aliphatic heterocycles. The van der Waals surface area contributed by atoms with Gasteiger partial charge in [0.05, 0.1) is 5.75 Å². The van der Waals surface area contributed by atoms with Gasteiger partial charge in [-0.25, -0.2) is 0 Å². The maximum atomic E-state index is 12.2. The van der Waals surface area contributed by atoms with Crippen LogP contribution in [0.15, 0.2) is 29.2 Å². The second-order valence-electron chi connectivity index (χ2n) is 4.67. The lowest BCUT2D eigenvalue weighted by atomic mass is 10.1. The van der Waals surface area contributed by atoms with Crippen molar-refractivity contribution in [3.63, 3.8) is 0 Å². The van der Waals surface area contributed by atoms with Gasteiger partial charge in [-0.05, 0) is 24.5 Å². The summed E-state index contributed by atoms with van der Waals surface area (Å²) in [5.74, 6) is -0.332. The van der Waals surface area contributed by atoms with Gasteiger partial charge in [0.1, 0.15) is 0 Å². The number of benzene rings is 1. The zero-order valence-electron chi connectivity index (χ0n) is 11.3. The molecule has 0 heterocycles. The Hall–Kier alpha value is -0.840. The van der Waals surface area contributed by atoms with Crippen molar-refractivity contribution >= 4 is 17.4 Å². The van der Waals surface area contributed by atoms with Crippen LogP contribution in [0.25, 0.3) is 0 Å². The van der Waals surface area contributed by atoms with Crippen molar-refractivity contribution in [1.82, 2.24) is 0 Å². The molecule has 0 saturated carbocycles. The molecule has 0 aromatic heterocycles. The molecule has 1 nitrogen and oxygen atoms in total. The Labute approximate surface area is 117 Å². The molecule has 19 heavy (non-hydrogen) atoms. The molecule has 0 saturated heterocycles. The number of anilines is 1. The van der Waals surface area contributed by atoms with Crippen molar-refractivity contribution in [2.45, 2.75) is 37.8 Å². The third-order valence-corrected chi connectivity index (χ3v) is 3.84. The van der Waals surface area contributed by atoms with Crippen LogP contribution in [0.4, 0.5) is 18.9 Å². The van der Waals surface area contributed by atoms with Crippen molar-refractivity contribution < 1.29 is 13.2 Å². The fraction of sp³-hybridized carbons (Fsp3) is 0.571. The topological polar surface area (TPSA) is 12.0 Å². The summed E-state index contributed by atoms with van der Waals surface area (Å²) in [5, 5.41) is 3.25. The summed E-state index contributed by atoms with van der Waals surface area (Å²) in [7, 11) is 0. The minimum Gasteiger partial charge on any atom is -0.384 e. The van der Waals surface area contributed by atoms with Gasteiger partial charge >= 0.3 is 6.18 Å². The van der Waals surface area contributed by atoms with Crippen molar-refractivity contribution in [1.29, 1.82) is 0 Å². The molecule has 5 heteroatoms. The van der Waals surface area contributed by atoms with E-state index in [9.17, 15) is 13.2 Å². The highest BCUT2D eigenvalue weighted by Crippen LogP contribution is 2.32. The summed E-state index contributed by atoms with van der Waals surface area (Å²) in [4.78, 5) is 0.656. The molecule has 0 bridgehead atoms. The van der Waals surface area contributed by atoms with E-state index in [2.05, 4.69) is 19.2 Å². The Morgan fingerprint density at radius 3 is 2.58 bits per heavy atom. The van der Waals surface area contributed by atoms with Crippen molar-refractivity contribution in [3.05, 3.63) is 24.3 Å². The molecule has 0 aliphatic carbocycles. The first-order chi connectivity index (χ1) is 8.92. The second kappa shape index (κ2) is 7.68. The Morgan fingerprint density at radius 2 is 1.95 bits per heavy atom. The maximum Gasteiger partial charge on any atom is 0.398 e. The smallest absolute Gasteiger partial charge is 0.384 e. The highest BCUT2D eigenvalue weighted by Gasteiger charge is 2.27. The Morgan fingerprint density at radius 1 is 1.26 bits per heavy atom. The third kappa shape index (κ3) is 6.76. The lowest BCUT2D eigenvalue weighted by Gasteiger charge is -2.15. The van der Waals surface area contributed by atoms with Gasteiger partial charge in [-0.15, -0.1) is 11.8 Å². The fourth-order valence-electron chi connectivity index (χ4n) is 1.78. The minimum absolute atomic E-state index is 0.519. The first kappa shape index (κ1) is 16.2. The zero-order valence-corrected chi connectivity index (χ0v) is 12.1. The van der Waals surface area contributed by atoms with Crippen molar-refractivity contribution in [3.8, 4) is 0 Å². The first-order valence-corrected chi connectivity index (χ1v) is 7.43. The van der Waals surface area contributed by atoms with E-state index >= 15 is 0 Å². The molecule has 1 atom stereocenters. The van der Waals surface area contributed by atoms with E-state index < -0.39 is 11.9 Å². The van der Waals surface area contributed by atoms with Crippen molar-refractivity contribution in [2.24, 2.45) is 5.92 Å². The van der Waals surface area contributed by atoms with Crippen LogP contribution in [0.2, 0.25) is 0 Å². The van der Waals surface area contributed by atoms with Gasteiger partial charge in [0.2, 0.25) is 0 Å². The molecule has 1 aromatic rings. The second-order valence-corrected chi connectivity index (χ2v) is 5.69. The Kier molecular flexibility index (Phi) is 6.55. The Bertz CT molecular complexity index is 379. The van der Waals surface area contributed by atoms with Gasteiger partial charge in [0, 0.05) is 17.1 Å². The van der Waals surface area contributed by atoms with Crippen LogP contribution in [-0.4, -0.2) is 18.5 Å². The van der Waals surface area contributed by atoms with Gasteiger partial charge < -0.3 is 5.32 Å². The number of alkyl halides is 3. The minimum atomic E-state index is -4.13. The predicted molar refractivity (Wildman–Crippen MR) is 75.8 cm³/mol. The van der Waals surface area contributed by atoms with E-state index in [0.29, 0.717) is 10.8 Å². The molecule has 1 rings (SSSR count). The molecular formula is C14H20F3NS. The van der Waals surface area contributed by atoms with E-state index in [1.54, 1.807) is 12.1 Å². The molecular weight excluding hydrogens is 271 g/mol. The number of hydrogen-bond donors (Lipinski definition) is 1. The monoisotopic (exact) mass is 291 g/mol. The van der Waals surface area contributed by atoms with Crippen LogP contribution in [0.5, 0.6) is 0 Å². The predicted octanol–water partition coefficient (Wildman–Crippen LogP) is 5.19. The summed E-state index contributed by atoms with van der Waals surface area (Å²) >= 11 is 0.832. The number of hydrogen-bond acceptors (Lipinski definition) is 2. The number of halogens is 3. The molecule has 0 fully saturated rings. The van der Waals surface area contributed by atoms with Crippen LogP contribution in [0, 0.1) is 5.92 Å². The molecule has 1 unspecified atom stereocenters. The van der Waals surface area contributed by atoms with Crippen LogP contribution in [0.3, 0.4) is 0 Å². The highest BCUT2D eigenvalue weighted by molar-refractivity contribution is 7.99. The number of thioether (sulfide) groups is 1. The van der Waals surface area contributed by atoms with E-state index in [1.165, 1.54) is 0 Å². The Balaban J connectivity index is 2.57. The summed E-state index contributed by atoms with van der Waals surface area (Å²) in [6, 6.07) is 7.16. The average Bonchev–Trinajstić information content (AvgIpc) is 2.34. The number of para-hydroxylation sites is 1. The molecule has 0 aliphatic rings. The molecule has 0 amide bonds.